The van der Waals surface area contributed by atoms with E-state index in [0.29, 0.717) is 0 Å². The summed E-state index contributed by atoms with van der Waals surface area (Å²) in [6, 6.07) is 1.28. The van der Waals surface area contributed by atoms with E-state index in [1.54, 1.807) is 0 Å². The van der Waals surface area contributed by atoms with Gasteiger partial charge in [-0.2, -0.15) is 0 Å². The molecule has 0 aliphatic heterocycles. The number of carbonyl (C=O) groups is 1. The molecule has 0 amide bonds. The summed E-state index contributed by atoms with van der Waals surface area (Å²) in [6.07, 6.45) is 0. The summed E-state index contributed by atoms with van der Waals surface area (Å²) in [6.45, 7) is -0.602. The molecule has 0 fully saturated rings. The van der Waals surface area contributed by atoms with Crippen molar-refractivity contribution in [2.75, 3.05) is 6.61 Å². The number of nitrogens with two attached hydrogens (primary N) is 1. The van der Waals surface area contributed by atoms with Gasteiger partial charge in [0.1, 0.15) is 11.6 Å². The molecule has 1 rings (SSSR count). The number of aliphatic hydroxyl groups is 1. The zero-order valence-electron chi connectivity index (χ0n) is 7.21. The number of rotatable bonds is 3. The summed E-state index contributed by atoms with van der Waals surface area (Å²) in [5.41, 5.74) is 4.74. The molecule has 0 aliphatic rings. The molecule has 0 aliphatic carbocycles. The second-order valence-electron chi connectivity index (χ2n) is 2.78. The number of hydrogen-bond acceptors (Lipinski definition) is 3. The molecule has 0 saturated carbocycles. The van der Waals surface area contributed by atoms with Crippen LogP contribution >= 0.6 is 0 Å². The molecule has 0 radical (unpaired) electrons. The Morgan fingerprint density at radius 1 is 1.50 bits per heavy atom. The van der Waals surface area contributed by atoms with Gasteiger partial charge in [-0.3, -0.25) is 4.79 Å². The number of Topliss-reactive ketones (excluding diaryl/α,β-unsaturated/α-hetero) is 1. The van der Waals surface area contributed by atoms with Crippen LogP contribution in [0.5, 0.6) is 0 Å². The third-order valence-corrected chi connectivity index (χ3v) is 1.73. The van der Waals surface area contributed by atoms with Crippen LogP contribution in [0.15, 0.2) is 18.2 Å². The third kappa shape index (κ3) is 2.12. The fraction of sp³-hybridized carbons (Fsp3) is 0.222. The Morgan fingerprint density at radius 3 is 2.71 bits per heavy atom. The smallest absolute Gasteiger partial charge is 0.184 e. The molecule has 0 heterocycles. The van der Waals surface area contributed by atoms with Gasteiger partial charge < -0.3 is 10.8 Å². The summed E-state index contributed by atoms with van der Waals surface area (Å²) >= 11 is 0. The second kappa shape index (κ2) is 4.26. The van der Waals surface area contributed by atoms with Crippen LogP contribution in [0.4, 0.5) is 8.78 Å². The van der Waals surface area contributed by atoms with Crippen molar-refractivity contribution in [2.45, 2.75) is 6.04 Å². The first-order chi connectivity index (χ1) is 6.56. The molecule has 0 aromatic heterocycles. The van der Waals surface area contributed by atoms with E-state index in [1.165, 1.54) is 0 Å². The van der Waals surface area contributed by atoms with Crippen LogP contribution in [0, 0.1) is 11.6 Å². The van der Waals surface area contributed by atoms with Gasteiger partial charge in [0, 0.05) is 0 Å². The van der Waals surface area contributed by atoms with Crippen molar-refractivity contribution < 1.29 is 18.7 Å². The van der Waals surface area contributed by atoms with E-state index in [2.05, 4.69) is 0 Å². The van der Waals surface area contributed by atoms with E-state index in [4.69, 9.17) is 10.8 Å². The van der Waals surface area contributed by atoms with Crippen LogP contribution in [-0.2, 0) is 0 Å². The lowest BCUT2D eigenvalue weighted by molar-refractivity contribution is 0.0921. The average molecular weight is 201 g/mol. The molecular weight excluding hydrogens is 192 g/mol. The minimum atomic E-state index is -1.22. The summed E-state index contributed by atoms with van der Waals surface area (Å²) in [4.78, 5) is 11.3. The predicted octanol–water partition coefficient (Wildman–Crippen LogP) is 0.467. The van der Waals surface area contributed by atoms with Crippen LogP contribution in [-0.4, -0.2) is 23.5 Å². The predicted molar refractivity (Wildman–Crippen MR) is 45.7 cm³/mol. The lowest BCUT2D eigenvalue weighted by Gasteiger charge is -2.07. The number of halogens is 2. The molecule has 0 bridgehead atoms. The SMILES string of the molecule is NC(CO)C(=O)c1cc(F)ccc1F. The maximum absolute atomic E-state index is 13.0. The van der Waals surface area contributed by atoms with E-state index in [9.17, 15) is 13.6 Å². The van der Waals surface area contributed by atoms with Crippen molar-refractivity contribution in [1.82, 2.24) is 0 Å². The van der Waals surface area contributed by atoms with Gasteiger partial charge in [-0.1, -0.05) is 0 Å². The summed E-state index contributed by atoms with van der Waals surface area (Å²) in [5.74, 6) is -2.38. The van der Waals surface area contributed by atoms with Crippen molar-refractivity contribution in [2.24, 2.45) is 5.73 Å². The van der Waals surface area contributed by atoms with Gasteiger partial charge in [0.2, 0.25) is 0 Å². The minimum absolute atomic E-state index is 0.438. The lowest BCUT2D eigenvalue weighted by Crippen LogP contribution is -2.34. The molecule has 14 heavy (non-hydrogen) atoms. The van der Waals surface area contributed by atoms with Gasteiger partial charge in [-0.25, -0.2) is 8.78 Å². The monoisotopic (exact) mass is 201 g/mol. The standard InChI is InChI=1S/C9H9F2NO2/c10-5-1-2-7(11)6(3-5)9(14)8(12)4-13/h1-3,8,13H,4,12H2. The molecule has 1 atom stereocenters. The number of aliphatic hydroxyl groups excluding tert-OH is 1. The molecule has 0 spiro atoms. The Labute approximate surface area is 79.2 Å². The first-order valence-corrected chi connectivity index (χ1v) is 3.92. The van der Waals surface area contributed by atoms with Crippen LogP contribution in [0.1, 0.15) is 10.4 Å². The van der Waals surface area contributed by atoms with Gasteiger partial charge in [0.05, 0.1) is 18.2 Å². The number of ketones is 1. The van der Waals surface area contributed by atoms with Gasteiger partial charge in [0.15, 0.2) is 5.78 Å². The van der Waals surface area contributed by atoms with Crippen LogP contribution in [0.25, 0.3) is 0 Å². The van der Waals surface area contributed by atoms with Crippen molar-refractivity contribution in [3.63, 3.8) is 0 Å². The van der Waals surface area contributed by atoms with E-state index in [1.807, 2.05) is 0 Å². The Hall–Kier alpha value is -1.33. The first-order valence-electron chi connectivity index (χ1n) is 3.92. The maximum Gasteiger partial charge on any atom is 0.184 e. The van der Waals surface area contributed by atoms with Gasteiger partial charge in [-0.15, -0.1) is 0 Å². The highest BCUT2D eigenvalue weighted by molar-refractivity contribution is 6.00. The van der Waals surface area contributed by atoms with Crippen molar-refractivity contribution in [3.8, 4) is 0 Å². The topological polar surface area (TPSA) is 63.3 Å². The van der Waals surface area contributed by atoms with E-state index < -0.39 is 35.6 Å². The maximum atomic E-state index is 13.0. The molecule has 5 heteroatoms. The quantitative estimate of drug-likeness (QED) is 0.698. The fourth-order valence-electron chi connectivity index (χ4n) is 0.969. The minimum Gasteiger partial charge on any atom is -0.394 e. The number of hydrogen-bond donors (Lipinski definition) is 2. The second-order valence-corrected chi connectivity index (χ2v) is 2.78. The Balaban J connectivity index is 3.06. The van der Waals surface area contributed by atoms with Gasteiger partial charge >= 0.3 is 0 Å². The van der Waals surface area contributed by atoms with E-state index >= 15 is 0 Å². The highest BCUT2D eigenvalue weighted by Gasteiger charge is 2.18. The zero-order chi connectivity index (χ0) is 10.7. The highest BCUT2D eigenvalue weighted by Crippen LogP contribution is 2.11. The van der Waals surface area contributed by atoms with Crippen molar-refractivity contribution >= 4 is 5.78 Å². The largest absolute Gasteiger partial charge is 0.394 e. The molecule has 76 valence electrons. The number of benzene rings is 1. The lowest BCUT2D eigenvalue weighted by atomic mass is 10.0. The normalized spacial score (nSPS) is 12.6. The molecule has 1 aromatic carbocycles. The van der Waals surface area contributed by atoms with Gasteiger partial charge in [0.25, 0.3) is 0 Å². The summed E-state index contributed by atoms with van der Waals surface area (Å²) in [7, 11) is 0. The van der Waals surface area contributed by atoms with Crippen LogP contribution in [0.3, 0.4) is 0 Å². The Bertz CT molecular complexity index is 355. The average Bonchev–Trinajstić information content (AvgIpc) is 2.19. The summed E-state index contributed by atoms with van der Waals surface area (Å²) in [5, 5.41) is 8.56. The molecule has 3 nitrogen and oxygen atoms in total. The van der Waals surface area contributed by atoms with Crippen molar-refractivity contribution in [3.05, 3.63) is 35.4 Å². The first kappa shape index (κ1) is 10.7. The molecule has 0 saturated heterocycles. The molecule has 3 N–H and O–H groups in total. The third-order valence-electron chi connectivity index (χ3n) is 1.73. The molecular formula is C9H9F2NO2. The van der Waals surface area contributed by atoms with Crippen LogP contribution in [0.2, 0.25) is 0 Å². The zero-order valence-corrected chi connectivity index (χ0v) is 7.21. The Morgan fingerprint density at radius 2 is 2.14 bits per heavy atom. The van der Waals surface area contributed by atoms with Crippen molar-refractivity contribution in [1.29, 1.82) is 0 Å². The van der Waals surface area contributed by atoms with E-state index in [-0.39, 0.29) is 0 Å². The van der Waals surface area contributed by atoms with Gasteiger partial charge in [-0.05, 0) is 18.2 Å². The molecule has 1 aromatic rings. The fourth-order valence-corrected chi connectivity index (χ4v) is 0.969. The number of carbonyl (C=O) groups excluding carboxylic acids is 1. The summed E-state index contributed by atoms with van der Waals surface area (Å²) < 4.78 is 25.6. The highest BCUT2D eigenvalue weighted by atomic mass is 19.1. The van der Waals surface area contributed by atoms with E-state index in [0.717, 1.165) is 18.2 Å². The molecule has 1 unspecified atom stereocenters. The van der Waals surface area contributed by atoms with Crippen LogP contribution < -0.4 is 5.73 Å². The Kier molecular flexibility index (Phi) is 3.27.